The lowest BCUT2D eigenvalue weighted by molar-refractivity contribution is -0.141. The molecule has 1 saturated heterocycles. The van der Waals surface area contributed by atoms with Crippen molar-refractivity contribution in [2.45, 2.75) is 43.0 Å². The van der Waals surface area contributed by atoms with Crippen LogP contribution in [0.4, 0.5) is 43.9 Å². The number of hydrogen-bond donors (Lipinski definition) is 1. The van der Waals surface area contributed by atoms with E-state index in [-0.39, 0.29) is 11.5 Å². The molecule has 0 amide bonds. The zero-order chi connectivity index (χ0) is 24.3. The van der Waals surface area contributed by atoms with E-state index < -0.39 is 53.4 Å². The smallest absolute Gasteiger partial charge is 0.317 e. The van der Waals surface area contributed by atoms with E-state index in [0.717, 1.165) is 12.1 Å². The molecule has 2 aliphatic heterocycles. The number of benzene rings is 1. The molecule has 13 heteroatoms. The van der Waals surface area contributed by atoms with Crippen molar-refractivity contribution in [2.24, 2.45) is 4.99 Å². The van der Waals surface area contributed by atoms with Crippen LogP contribution in [0, 0.1) is 11.6 Å². The summed E-state index contributed by atoms with van der Waals surface area (Å²) in [6.45, 7) is 1.17. The Balaban J connectivity index is 0.000000235. The summed E-state index contributed by atoms with van der Waals surface area (Å²) in [6, 6.07) is 1.82. The van der Waals surface area contributed by atoms with Crippen LogP contribution in [0.1, 0.15) is 29.9 Å². The molecular weight excluding hydrogens is 462 g/mol. The summed E-state index contributed by atoms with van der Waals surface area (Å²) in [5.41, 5.74) is -6.79. The molecule has 1 aromatic rings. The van der Waals surface area contributed by atoms with Crippen LogP contribution >= 0.6 is 0 Å². The lowest BCUT2D eigenvalue weighted by atomic mass is 9.86. The largest absolute Gasteiger partial charge is 0.432 e. The second kappa shape index (κ2) is 9.59. The Bertz CT molecular complexity index is 887. The molecule has 1 N–H and O–H groups in total. The van der Waals surface area contributed by atoms with Crippen molar-refractivity contribution in [1.82, 2.24) is 5.32 Å². The van der Waals surface area contributed by atoms with E-state index in [1.54, 1.807) is 0 Å². The molecule has 32 heavy (non-hydrogen) atoms. The fourth-order valence-electron chi connectivity index (χ4n) is 3.23. The van der Waals surface area contributed by atoms with Crippen molar-refractivity contribution in [3.63, 3.8) is 0 Å². The Morgan fingerprint density at radius 2 is 1.62 bits per heavy atom. The number of allylic oxidation sites excluding steroid dienone is 1. The number of carbonyl (C=O) groups excluding carboxylic acids is 1. The zero-order valence-electron chi connectivity index (χ0n) is 16.0. The number of aldehydes is 1. The minimum absolute atomic E-state index is 0.136. The molecular formula is C19H16F10N2O. The predicted molar refractivity (Wildman–Crippen MR) is 93.6 cm³/mol. The standard InChI is InChI=1S/C12H12F5N.C7H4F5NO/c13-9-2-1-8(7-3-5-18-6-4-7)10(11(9)14)12(15,16)17;8-4-5(7(10,11)12)13-2-1-6(4,9)3-14/h1-2,7,18H,3-6H2;1-4H. The number of carbonyl (C=O) groups is 1. The first-order chi connectivity index (χ1) is 14.7. The Morgan fingerprint density at radius 3 is 2.12 bits per heavy atom. The number of alkyl halides is 8. The zero-order valence-corrected chi connectivity index (χ0v) is 16.0. The number of hydrogen-bond acceptors (Lipinski definition) is 3. The first kappa shape index (κ1) is 25.8. The monoisotopic (exact) mass is 478 g/mol. The fourth-order valence-corrected chi connectivity index (χ4v) is 3.23. The fraction of sp³-hybridized carbons (Fsp3) is 0.474. The number of piperidine rings is 1. The third-order valence-electron chi connectivity index (χ3n) is 4.83. The quantitative estimate of drug-likeness (QED) is 0.469. The highest BCUT2D eigenvalue weighted by Gasteiger charge is 2.52. The number of nitrogens with one attached hydrogen (secondary N) is 1. The molecule has 1 aromatic carbocycles. The molecule has 178 valence electrons. The normalized spacial score (nSPS) is 24.4. The highest BCUT2D eigenvalue weighted by Crippen LogP contribution is 2.40. The maximum absolute atomic E-state index is 13.4. The van der Waals surface area contributed by atoms with Crippen LogP contribution in [0.2, 0.25) is 0 Å². The molecule has 0 aromatic heterocycles. The molecule has 0 bridgehead atoms. The Labute approximate surface area is 175 Å². The van der Waals surface area contributed by atoms with E-state index >= 15 is 0 Å². The summed E-state index contributed by atoms with van der Waals surface area (Å²) >= 11 is 0. The Kier molecular flexibility index (Phi) is 7.74. The molecule has 0 radical (unpaired) electrons. The highest BCUT2D eigenvalue weighted by molar-refractivity contribution is 5.99. The second-order valence-corrected chi connectivity index (χ2v) is 6.98. The third-order valence-corrected chi connectivity index (χ3v) is 4.83. The van der Waals surface area contributed by atoms with Gasteiger partial charge in [-0.15, -0.1) is 0 Å². The molecule has 3 rings (SSSR count). The first-order valence-electron chi connectivity index (χ1n) is 9.10. The van der Waals surface area contributed by atoms with Crippen molar-refractivity contribution in [3.05, 3.63) is 47.2 Å². The molecule has 2 aliphatic rings. The second-order valence-electron chi connectivity index (χ2n) is 6.98. The summed E-state index contributed by atoms with van der Waals surface area (Å²) in [4.78, 5) is 12.7. The minimum atomic E-state index is -5.08. The average molecular weight is 478 g/mol. The van der Waals surface area contributed by atoms with Gasteiger partial charge in [0.15, 0.2) is 29.8 Å². The van der Waals surface area contributed by atoms with Crippen molar-refractivity contribution >= 4 is 12.0 Å². The highest BCUT2D eigenvalue weighted by atomic mass is 19.4. The van der Waals surface area contributed by atoms with Gasteiger partial charge < -0.3 is 5.32 Å². The van der Waals surface area contributed by atoms with Gasteiger partial charge >= 0.3 is 12.4 Å². The van der Waals surface area contributed by atoms with Crippen LogP contribution in [0.15, 0.2) is 29.4 Å². The summed E-state index contributed by atoms with van der Waals surface area (Å²) in [5, 5.41) is 3.02. The van der Waals surface area contributed by atoms with Crippen LogP contribution in [-0.4, -0.2) is 43.1 Å². The minimum Gasteiger partial charge on any atom is -0.317 e. The van der Waals surface area contributed by atoms with Gasteiger partial charge in [-0.25, -0.2) is 17.6 Å². The summed E-state index contributed by atoms with van der Waals surface area (Å²) < 4.78 is 127. The van der Waals surface area contributed by atoms with Crippen LogP contribution in [0.25, 0.3) is 0 Å². The number of aliphatic imine (C=N–C) groups is 1. The van der Waals surface area contributed by atoms with Gasteiger partial charge in [-0.3, -0.25) is 9.79 Å². The van der Waals surface area contributed by atoms with Crippen LogP contribution in [0.3, 0.4) is 0 Å². The Morgan fingerprint density at radius 1 is 1.03 bits per heavy atom. The van der Waals surface area contributed by atoms with Gasteiger partial charge in [0.05, 0.1) is 5.56 Å². The number of halogens is 10. The lowest BCUT2D eigenvalue weighted by Gasteiger charge is -2.26. The predicted octanol–water partition coefficient (Wildman–Crippen LogP) is 5.21. The molecule has 0 aliphatic carbocycles. The lowest BCUT2D eigenvalue weighted by Crippen LogP contribution is -2.47. The SMILES string of the molecule is Fc1ccc(C2CCNCC2)c(C(F)(F)F)c1F.O=CC1(F)C=CN=C(C(F)(F)F)C1F. The van der Waals surface area contributed by atoms with Crippen LogP contribution < -0.4 is 5.32 Å². The maximum atomic E-state index is 13.4. The van der Waals surface area contributed by atoms with Crippen LogP contribution in [-0.2, 0) is 11.0 Å². The van der Waals surface area contributed by atoms with Crippen molar-refractivity contribution in [2.75, 3.05) is 13.1 Å². The number of rotatable bonds is 2. The van der Waals surface area contributed by atoms with E-state index in [4.69, 9.17) is 0 Å². The Hall–Kier alpha value is -2.44. The van der Waals surface area contributed by atoms with E-state index in [1.165, 1.54) is 0 Å². The topological polar surface area (TPSA) is 41.5 Å². The van der Waals surface area contributed by atoms with Gasteiger partial charge in [0.25, 0.3) is 0 Å². The van der Waals surface area contributed by atoms with E-state index in [2.05, 4.69) is 10.3 Å². The molecule has 2 heterocycles. The summed E-state index contributed by atoms with van der Waals surface area (Å²) in [5.74, 6) is -3.63. The summed E-state index contributed by atoms with van der Waals surface area (Å²) in [7, 11) is 0. The van der Waals surface area contributed by atoms with Crippen molar-refractivity contribution < 1.29 is 48.7 Å². The molecule has 2 unspecified atom stereocenters. The summed E-state index contributed by atoms with van der Waals surface area (Å²) in [6.07, 6.45) is -11.8. The van der Waals surface area contributed by atoms with E-state index in [1.807, 2.05) is 0 Å². The van der Waals surface area contributed by atoms with Crippen molar-refractivity contribution in [1.29, 1.82) is 0 Å². The van der Waals surface area contributed by atoms with Crippen molar-refractivity contribution in [3.8, 4) is 0 Å². The van der Waals surface area contributed by atoms with Crippen LogP contribution in [0.5, 0.6) is 0 Å². The van der Waals surface area contributed by atoms with Gasteiger partial charge in [0.2, 0.25) is 5.67 Å². The molecule has 2 atom stereocenters. The van der Waals surface area contributed by atoms with Gasteiger partial charge in [-0.1, -0.05) is 6.07 Å². The van der Waals surface area contributed by atoms with Gasteiger partial charge in [-0.2, -0.15) is 26.3 Å². The van der Waals surface area contributed by atoms with Gasteiger partial charge in [0, 0.05) is 6.20 Å². The van der Waals surface area contributed by atoms with E-state index in [0.29, 0.717) is 38.2 Å². The molecule has 3 nitrogen and oxygen atoms in total. The average Bonchev–Trinajstić information content (AvgIpc) is 2.71. The molecule has 0 saturated carbocycles. The third kappa shape index (κ3) is 5.67. The molecule has 1 fully saturated rings. The molecule has 0 spiro atoms. The first-order valence-corrected chi connectivity index (χ1v) is 9.10. The van der Waals surface area contributed by atoms with Gasteiger partial charge in [-0.05, 0) is 49.6 Å². The number of nitrogens with zero attached hydrogens (tertiary/aromatic N) is 1. The maximum Gasteiger partial charge on any atom is 0.432 e. The van der Waals surface area contributed by atoms with Gasteiger partial charge in [0.1, 0.15) is 0 Å². The van der Waals surface area contributed by atoms with E-state index in [9.17, 15) is 48.7 Å².